The van der Waals surface area contributed by atoms with E-state index >= 15 is 0 Å². The van der Waals surface area contributed by atoms with E-state index in [1.54, 1.807) is 0 Å². The molecule has 2 heteroatoms. The van der Waals surface area contributed by atoms with Crippen molar-refractivity contribution in [1.29, 1.82) is 0 Å². The normalized spacial score (nSPS) is 31.3. The topological polar surface area (TPSA) is 29.3 Å². The van der Waals surface area contributed by atoms with Gasteiger partial charge in [-0.2, -0.15) is 0 Å². The molecule has 20 heavy (non-hydrogen) atoms. The van der Waals surface area contributed by atoms with Gasteiger partial charge in [-0.25, -0.2) is 0 Å². The Labute approximate surface area is 123 Å². The second-order valence-electron chi connectivity index (χ2n) is 7.78. The summed E-state index contributed by atoms with van der Waals surface area (Å²) in [5.74, 6) is 0.802. The average Bonchev–Trinajstić information content (AvgIpc) is 2.81. The summed E-state index contributed by atoms with van der Waals surface area (Å²) in [6.07, 6.45) is 3.74. The molecular weight excluding hydrogens is 244 g/mol. The van der Waals surface area contributed by atoms with Gasteiger partial charge in [-0.05, 0) is 41.7 Å². The van der Waals surface area contributed by atoms with Crippen LogP contribution >= 0.6 is 0 Å². The SMILES string of the molecule is CC(C)(C)C1CCC(N)C(N2Cc3ccccc3C2)C1. The Morgan fingerprint density at radius 2 is 1.65 bits per heavy atom. The lowest BCUT2D eigenvalue weighted by Crippen LogP contribution is -2.50. The summed E-state index contributed by atoms with van der Waals surface area (Å²) in [7, 11) is 0. The van der Waals surface area contributed by atoms with Crippen molar-refractivity contribution in [3.8, 4) is 0 Å². The fourth-order valence-electron chi connectivity index (χ4n) is 3.97. The first-order valence-corrected chi connectivity index (χ1v) is 8.01. The third-order valence-electron chi connectivity index (χ3n) is 5.43. The van der Waals surface area contributed by atoms with Crippen LogP contribution in [0.1, 0.15) is 51.2 Å². The van der Waals surface area contributed by atoms with Crippen molar-refractivity contribution in [3.05, 3.63) is 35.4 Å². The molecule has 1 aromatic carbocycles. The zero-order chi connectivity index (χ0) is 14.3. The van der Waals surface area contributed by atoms with Gasteiger partial charge in [0.15, 0.2) is 0 Å². The first-order valence-electron chi connectivity index (χ1n) is 8.01. The Bertz CT molecular complexity index is 450. The van der Waals surface area contributed by atoms with E-state index in [1.807, 2.05) is 0 Å². The summed E-state index contributed by atoms with van der Waals surface area (Å²) in [5.41, 5.74) is 9.86. The van der Waals surface area contributed by atoms with Crippen LogP contribution in [-0.4, -0.2) is 17.0 Å². The van der Waals surface area contributed by atoms with Crippen LogP contribution in [0.4, 0.5) is 0 Å². The number of nitrogens with zero attached hydrogens (tertiary/aromatic N) is 1. The van der Waals surface area contributed by atoms with E-state index < -0.39 is 0 Å². The van der Waals surface area contributed by atoms with E-state index in [2.05, 4.69) is 49.9 Å². The van der Waals surface area contributed by atoms with Crippen LogP contribution in [0.3, 0.4) is 0 Å². The van der Waals surface area contributed by atoms with Crippen molar-refractivity contribution in [2.45, 2.75) is 65.2 Å². The minimum atomic E-state index is 0.350. The molecule has 1 aliphatic heterocycles. The molecule has 1 aromatic rings. The fraction of sp³-hybridized carbons (Fsp3) is 0.667. The molecule has 0 radical (unpaired) electrons. The second-order valence-corrected chi connectivity index (χ2v) is 7.78. The molecule has 2 aliphatic rings. The number of benzene rings is 1. The Morgan fingerprint density at radius 1 is 1.05 bits per heavy atom. The van der Waals surface area contributed by atoms with E-state index in [9.17, 15) is 0 Å². The van der Waals surface area contributed by atoms with Crippen molar-refractivity contribution in [2.75, 3.05) is 0 Å². The summed E-state index contributed by atoms with van der Waals surface area (Å²) in [4.78, 5) is 2.62. The van der Waals surface area contributed by atoms with Crippen LogP contribution in [0.25, 0.3) is 0 Å². The summed E-state index contributed by atoms with van der Waals surface area (Å²) in [6.45, 7) is 9.32. The minimum absolute atomic E-state index is 0.350. The largest absolute Gasteiger partial charge is 0.326 e. The maximum absolute atomic E-state index is 6.46. The highest BCUT2D eigenvalue weighted by Gasteiger charge is 2.38. The van der Waals surface area contributed by atoms with Gasteiger partial charge >= 0.3 is 0 Å². The average molecular weight is 272 g/mol. The lowest BCUT2D eigenvalue weighted by atomic mass is 9.69. The van der Waals surface area contributed by atoms with Crippen molar-refractivity contribution in [3.63, 3.8) is 0 Å². The zero-order valence-electron chi connectivity index (χ0n) is 13.1. The van der Waals surface area contributed by atoms with Gasteiger partial charge in [0.2, 0.25) is 0 Å². The molecule has 1 heterocycles. The standard InChI is InChI=1S/C18H28N2/c1-18(2,3)15-8-9-16(19)17(10-15)20-11-13-6-4-5-7-14(13)12-20/h4-7,15-17H,8-12,19H2,1-3H3. The van der Waals surface area contributed by atoms with Gasteiger partial charge in [-0.1, -0.05) is 45.0 Å². The Morgan fingerprint density at radius 3 is 2.20 bits per heavy atom. The van der Waals surface area contributed by atoms with Gasteiger partial charge < -0.3 is 5.73 Å². The molecule has 3 unspecified atom stereocenters. The van der Waals surface area contributed by atoms with Crippen LogP contribution in [0.5, 0.6) is 0 Å². The van der Waals surface area contributed by atoms with Crippen LogP contribution in [-0.2, 0) is 13.1 Å². The number of fused-ring (bicyclic) bond motifs is 1. The van der Waals surface area contributed by atoms with Crippen molar-refractivity contribution in [2.24, 2.45) is 17.1 Å². The summed E-state index contributed by atoms with van der Waals surface area (Å²) >= 11 is 0. The maximum atomic E-state index is 6.46. The minimum Gasteiger partial charge on any atom is -0.326 e. The maximum Gasteiger partial charge on any atom is 0.0257 e. The Hall–Kier alpha value is -0.860. The van der Waals surface area contributed by atoms with Gasteiger partial charge in [0.1, 0.15) is 0 Å². The van der Waals surface area contributed by atoms with Crippen LogP contribution < -0.4 is 5.73 Å². The molecule has 110 valence electrons. The molecule has 1 aliphatic carbocycles. The van der Waals surface area contributed by atoms with Gasteiger partial charge in [-0.15, -0.1) is 0 Å². The highest BCUT2D eigenvalue weighted by Crippen LogP contribution is 2.40. The van der Waals surface area contributed by atoms with Crippen molar-refractivity contribution in [1.82, 2.24) is 4.90 Å². The molecule has 1 fully saturated rings. The molecule has 2 N–H and O–H groups in total. The van der Waals surface area contributed by atoms with Crippen molar-refractivity contribution >= 4 is 0 Å². The fourth-order valence-corrected chi connectivity index (χ4v) is 3.97. The molecule has 0 spiro atoms. The van der Waals surface area contributed by atoms with Crippen LogP contribution in [0.15, 0.2) is 24.3 Å². The van der Waals surface area contributed by atoms with Gasteiger partial charge in [-0.3, -0.25) is 4.90 Å². The highest BCUT2D eigenvalue weighted by molar-refractivity contribution is 5.30. The molecule has 2 nitrogen and oxygen atoms in total. The predicted molar refractivity (Wildman–Crippen MR) is 84.2 cm³/mol. The molecular formula is C18H28N2. The quantitative estimate of drug-likeness (QED) is 0.847. The summed E-state index contributed by atoms with van der Waals surface area (Å²) in [5, 5.41) is 0. The van der Waals surface area contributed by atoms with Gasteiger partial charge in [0.25, 0.3) is 0 Å². The van der Waals surface area contributed by atoms with Gasteiger partial charge in [0.05, 0.1) is 0 Å². The zero-order valence-corrected chi connectivity index (χ0v) is 13.1. The van der Waals surface area contributed by atoms with E-state index in [0.717, 1.165) is 19.0 Å². The molecule has 3 rings (SSSR count). The first-order chi connectivity index (χ1) is 9.45. The summed E-state index contributed by atoms with van der Waals surface area (Å²) in [6, 6.07) is 9.75. The molecule has 0 saturated heterocycles. The monoisotopic (exact) mass is 272 g/mol. The second kappa shape index (κ2) is 5.16. The third kappa shape index (κ3) is 2.64. The number of rotatable bonds is 1. The van der Waals surface area contributed by atoms with Gasteiger partial charge in [0, 0.05) is 25.2 Å². The lowest BCUT2D eigenvalue weighted by molar-refractivity contribution is 0.0675. The van der Waals surface area contributed by atoms with E-state index in [4.69, 9.17) is 5.73 Å². The summed E-state index contributed by atoms with van der Waals surface area (Å²) < 4.78 is 0. The Balaban J connectivity index is 1.74. The number of hydrogen-bond acceptors (Lipinski definition) is 2. The number of hydrogen-bond donors (Lipinski definition) is 1. The molecule has 1 saturated carbocycles. The molecule has 0 amide bonds. The Kier molecular flexibility index (Phi) is 3.64. The third-order valence-corrected chi connectivity index (χ3v) is 5.43. The highest BCUT2D eigenvalue weighted by atomic mass is 15.2. The smallest absolute Gasteiger partial charge is 0.0257 e. The van der Waals surface area contributed by atoms with Crippen LogP contribution in [0.2, 0.25) is 0 Å². The molecule has 0 bridgehead atoms. The van der Waals surface area contributed by atoms with Crippen LogP contribution in [0, 0.1) is 11.3 Å². The van der Waals surface area contributed by atoms with E-state index in [-0.39, 0.29) is 0 Å². The lowest BCUT2D eigenvalue weighted by Gasteiger charge is -2.44. The molecule has 3 atom stereocenters. The van der Waals surface area contributed by atoms with Crippen molar-refractivity contribution < 1.29 is 0 Å². The first kappa shape index (κ1) is 14.1. The predicted octanol–water partition coefficient (Wildman–Crippen LogP) is 3.54. The van der Waals surface area contributed by atoms with E-state index in [1.165, 1.54) is 30.4 Å². The van der Waals surface area contributed by atoms with E-state index in [0.29, 0.717) is 17.5 Å². The molecule has 0 aromatic heterocycles. The number of nitrogens with two attached hydrogens (primary N) is 1.